The minimum Gasteiger partial charge on any atom is -0.306 e. The number of terminal acetylenes is 1. The van der Waals surface area contributed by atoms with Crippen molar-refractivity contribution in [3.8, 4) is 12.3 Å². The first-order valence-corrected chi connectivity index (χ1v) is 5.92. The Morgan fingerprint density at radius 1 is 1.75 bits per heavy atom. The Kier molecular flexibility index (Phi) is 3.31. The van der Waals surface area contributed by atoms with E-state index in [0.717, 1.165) is 12.8 Å². The monoisotopic (exact) mass is 217 g/mol. The van der Waals surface area contributed by atoms with E-state index in [1.807, 2.05) is 17.9 Å². The van der Waals surface area contributed by atoms with Gasteiger partial charge < -0.3 is 5.32 Å². The topological polar surface area (TPSA) is 29.9 Å². The molecule has 0 amide bonds. The molecule has 1 heterocycles. The molecule has 0 bridgehead atoms. The van der Waals surface area contributed by atoms with E-state index in [4.69, 9.17) is 6.42 Å². The number of aryl methyl sites for hydroxylation is 1. The minimum atomic E-state index is 0.376. The predicted molar refractivity (Wildman–Crippen MR) is 64.9 cm³/mol. The maximum Gasteiger partial charge on any atom is 0.0540 e. The third-order valence-electron chi connectivity index (χ3n) is 3.29. The van der Waals surface area contributed by atoms with Gasteiger partial charge in [-0.1, -0.05) is 0 Å². The smallest absolute Gasteiger partial charge is 0.0540 e. The van der Waals surface area contributed by atoms with E-state index in [9.17, 15) is 0 Å². The summed E-state index contributed by atoms with van der Waals surface area (Å²) in [6.07, 6.45) is 11.7. The zero-order valence-corrected chi connectivity index (χ0v) is 10.0. The molecule has 16 heavy (non-hydrogen) atoms. The van der Waals surface area contributed by atoms with Crippen molar-refractivity contribution in [1.29, 1.82) is 0 Å². The number of fused-ring (bicyclic) bond motifs is 1. The first-order chi connectivity index (χ1) is 7.72. The van der Waals surface area contributed by atoms with Crippen LogP contribution in [0.1, 0.15) is 43.5 Å². The van der Waals surface area contributed by atoms with Crippen molar-refractivity contribution in [2.24, 2.45) is 7.05 Å². The first kappa shape index (κ1) is 11.2. The molecule has 3 heteroatoms. The summed E-state index contributed by atoms with van der Waals surface area (Å²) in [5, 5.41) is 7.93. The first-order valence-electron chi connectivity index (χ1n) is 5.92. The molecular formula is C13H19N3. The molecule has 1 aliphatic rings. The summed E-state index contributed by atoms with van der Waals surface area (Å²) < 4.78 is 2.00. The van der Waals surface area contributed by atoms with Gasteiger partial charge in [-0.3, -0.25) is 4.68 Å². The number of hydrogen-bond donors (Lipinski definition) is 1. The fraction of sp³-hybridized carbons (Fsp3) is 0.615. The van der Waals surface area contributed by atoms with Crippen LogP contribution in [0.25, 0.3) is 0 Å². The molecule has 0 radical (unpaired) electrons. The predicted octanol–water partition coefficient (Wildman–Crippen LogP) is 1.80. The van der Waals surface area contributed by atoms with Crippen LogP contribution in [-0.4, -0.2) is 15.8 Å². The number of rotatable bonds is 3. The summed E-state index contributed by atoms with van der Waals surface area (Å²) in [7, 11) is 2.02. The maximum atomic E-state index is 5.33. The Labute approximate surface area is 97.2 Å². The zero-order valence-electron chi connectivity index (χ0n) is 10.0. The van der Waals surface area contributed by atoms with Gasteiger partial charge in [0.2, 0.25) is 0 Å². The normalized spacial score (nSPS) is 21.2. The SMILES string of the molecule is C#CCC(C)NC1CCCc2c1cnn2C. The highest BCUT2D eigenvalue weighted by molar-refractivity contribution is 5.24. The lowest BCUT2D eigenvalue weighted by atomic mass is 9.92. The second kappa shape index (κ2) is 4.71. The lowest BCUT2D eigenvalue weighted by Crippen LogP contribution is -2.32. The summed E-state index contributed by atoms with van der Waals surface area (Å²) in [5.74, 6) is 2.70. The lowest BCUT2D eigenvalue weighted by molar-refractivity contribution is 0.408. The molecule has 0 aliphatic heterocycles. The molecular weight excluding hydrogens is 198 g/mol. The molecule has 1 aliphatic carbocycles. The van der Waals surface area contributed by atoms with Gasteiger partial charge in [-0.25, -0.2) is 0 Å². The highest BCUT2D eigenvalue weighted by atomic mass is 15.3. The van der Waals surface area contributed by atoms with Crippen LogP contribution < -0.4 is 5.32 Å². The molecule has 0 spiro atoms. The second-order valence-corrected chi connectivity index (χ2v) is 4.59. The van der Waals surface area contributed by atoms with E-state index in [-0.39, 0.29) is 0 Å². The van der Waals surface area contributed by atoms with Crippen LogP contribution >= 0.6 is 0 Å². The van der Waals surface area contributed by atoms with Crippen molar-refractivity contribution < 1.29 is 0 Å². The Bertz CT molecular complexity index is 400. The fourth-order valence-electron chi connectivity index (χ4n) is 2.46. The van der Waals surface area contributed by atoms with E-state index in [1.165, 1.54) is 24.1 Å². The van der Waals surface area contributed by atoms with Gasteiger partial charge in [0.1, 0.15) is 0 Å². The van der Waals surface area contributed by atoms with Crippen molar-refractivity contribution in [2.75, 3.05) is 0 Å². The molecule has 0 fully saturated rings. The molecule has 0 aromatic carbocycles. The summed E-state index contributed by atoms with van der Waals surface area (Å²) in [6.45, 7) is 2.14. The van der Waals surface area contributed by atoms with Crippen molar-refractivity contribution in [3.63, 3.8) is 0 Å². The minimum absolute atomic E-state index is 0.376. The molecule has 1 aromatic heterocycles. The van der Waals surface area contributed by atoms with Gasteiger partial charge in [0.25, 0.3) is 0 Å². The summed E-state index contributed by atoms with van der Waals surface area (Å²) >= 11 is 0. The van der Waals surface area contributed by atoms with Gasteiger partial charge in [-0.2, -0.15) is 5.10 Å². The third kappa shape index (κ3) is 2.12. The molecule has 2 unspecified atom stereocenters. The van der Waals surface area contributed by atoms with E-state index in [1.54, 1.807) is 0 Å². The van der Waals surface area contributed by atoms with Gasteiger partial charge in [-0.15, -0.1) is 12.3 Å². The van der Waals surface area contributed by atoms with Crippen LogP contribution in [0.4, 0.5) is 0 Å². The highest BCUT2D eigenvalue weighted by Crippen LogP contribution is 2.29. The van der Waals surface area contributed by atoms with Crippen molar-refractivity contribution in [1.82, 2.24) is 15.1 Å². The Hall–Kier alpha value is -1.27. The molecule has 3 nitrogen and oxygen atoms in total. The van der Waals surface area contributed by atoms with Crippen molar-refractivity contribution in [2.45, 2.75) is 44.7 Å². The van der Waals surface area contributed by atoms with E-state index in [2.05, 4.69) is 23.3 Å². The van der Waals surface area contributed by atoms with Crippen LogP contribution in [0.3, 0.4) is 0 Å². The van der Waals surface area contributed by atoms with Gasteiger partial charge >= 0.3 is 0 Å². The van der Waals surface area contributed by atoms with Crippen LogP contribution in [0.2, 0.25) is 0 Å². The van der Waals surface area contributed by atoms with Crippen LogP contribution in [0.15, 0.2) is 6.20 Å². The van der Waals surface area contributed by atoms with Crippen LogP contribution in [0, 0.1) is 12.3 Å². The van der Waals surface area contributed by atoms with Crippen molar-refractivity contribution in [3.05, 3.63) is 17.5 Å². The van der Waals surface area contributed by atoms with Crippen LogP contribution in [0.5, 0.6) is 0 Å². The molecule has 2 rings (SSSR count). The number of nitrogens with one attached hydrogen (secondary N) is 1. The molecule has 0 saturated heterocycles. The van der Waals surface area contributed by atoms with Gasteiger partial charge in [0.15, 0.2) is 0 Å². The van der Waals surface area contributed by atoms with Crippen LogP contribution in [-0.2, 0) is 13.5 Å². The van der Waals surface area contributed by atoms with E-state index >= 15 is 0 Å². The molecule has 1 N–H and O–H groups in total. The fourth-order valence-corrected chi connectivity index (χ4v) is 2.46. The number of nitrogens with zero attached hydrogens (tertiary/aromatic N) is 2. The average molecular weight is 217 g/mol. The second-order valence-electron chi connectivity index (χ2n) is 4.59. The maximum absolute atomic E-state index is 5.33. The Morgan fingerprint density at radius 2 is 2.56 bits per heavy atom. The number of aromatic nitrogens is 2. The standard InChI is InChI=1S/C13H19N3/c1-4-6-10(2)15-12-7-5-8-13-11(12)9-14-16(13)3/h1,9-10,12,15H,5-8H2,2-3H3. The Morgan fingerprint density at radius 3 is 3.31 bits per heavy atom. The number of hydrogen-bond acceptors (Lipinski definition) is 2. The highest BCUT2D eigenvalue weighted by Gasteiger charge is 2.23. The quantitative estimate of drug-likeness (QED) is 0.782. The average Bonchev–Trinajstić information content (AvgIpc) is 2.62. The largest absolute Gasteiger partial charge is 0.306 e. The summed E-state index contributed by atoms with van der Waals surface area (Å²) in [5.41, 5.74) is 2.73. The summed E-state index contributed by atoms with van der Waals surface area (Å²) in [4.78, 5) is 0. The zero-order chi connectivity index (χ0) is 11.5. The van der Waals surface area contributed by atoms with Crippen molar-refractivity contribution >= 4 is 0 Å². The van der Waals surface area contributed by atoms with Gasteiger partial charge in [-0.05, 0) is 26.2 Å². The lowest BCUT2D eigenvalue weighted by Gasteiger charge is -2.26. The Balaban J connectivity index is 2.10. The molecule has 0 saturated carbocycles. The molecule has 2 atom stereocenters. The molecule has 1 aromatic rings. The molecule has 86 valence electrons. The third-order valence-corrected chi connectivity index (χ3v) is 3.29. The van der Waals surface area contributed by atoms with E-state index < -0.39 is 0 Å². The van der Waals surface area contributed by atoms with E-state index in [0.29, 0.717) is 12.1 Å². The summed E-state index contributed by atoms with van der Waals surface area (Å²) in [6, 6.07) is 0.807. The van der Waals surface area contributed by atoms with Gasteiger partial charge in [0, 0.05) is 36.8 Å². The van der Waals surface area contributed by atoms with Gasteiger partial charge in [0.05, 0.1) is 6.20 Å².